The number of hydrogen-bond acceptors (Lipinski definition) is 3. The van der Waals surface area contributed by atoms with Crippen LogP contribution in [0.25, 0.3) is 0 Å². The first-order valence-electron chi connectivity index (χ1n) is 7.53. The molecule has 2 heterocycles. The van der Waals surface area contributed by atoms with Crippen LogP contribution in [0.15, 0.2) is 18.2 Å². The lowest BCUT2D eigenvalue weighted by atomic mass is 10.00. The van der Waals surface area contributed by atoms with Crippen molar-refractivity contribution in [1.82, 2.24) is 4.90 Å². The maximum absolute atomic E-state index is 13.6. The molecule has 2 aliphatic heterocycles. The Bertz CT molecular complexity index is 551. The first-order chi connectivity index (χ1) is 10.6. The van der Waals surface area contributed by atoms with Crippen LogP contribution in [0.3, 0.4) is 0 Å². The Labute approximate surface area is 128 Å². The third kappa shape index (κ3) is 2.88. The van der Waals surface area contributed by atoms with Gasteiger partial charge in [0.25, 0.3) is 0 Å². The molecule has 6 heteroatoms. The summed E-state index contributed by atoms with van der Waals surface area (Å²) in [6, 6.07) is 4.73. The number of carboxylic acid groups (broad SMARTS) is 1. The standard InChI is InChI=1S/C16H20FNO4/c1-21-9-10-6-13(4-5-15(10)17)22-14-7-11-2-3-12(8-14)18(11)16(19)20/h4-6,11-12,14H,2-3,7-9H2,1H3,(H,19,20). The highest BCUT2D eigenvalue weighted by molar-refractivity contribution is 5.66. The summed E-state index contributed by atoms with van der Waals surface area (Å²) in [7, 11) is 1.52. The van der Waals surface area contributed by atoms with Crippen molar-refractivity contribution >= 4 is 6.09 Å². The van der Waals surface area contributed by atoms with Gasteiger partial charge in [-0.15, -0.1) is 0 Å². The largest absolute Gasteiger partial charge is 0.490 e. The van der Waals surface area contributed by atoms with E-state index in [0.717, 1.165) is 12.8 Å². The van der Waals surface area contributed by atoms with Crippen LogP contribution in [0.1, 0.15) is 31.2 Å². The molecule has 2 saturated heterocycles. The fourth-order valence-electron chi connectivity index (χ4n) is 3.62. The van der Waals surface area contributed by atoms with Crippen molar-refractivity contribution in [2.75, 3.05) is 7.11 Å². The molecule has 1 aromatic rings. The number of benzene rings is 1. The predicted octanol–water partition coefficient (Wildman–Crippen LogP) is 3.02. The van der Waals surface area contributed by atoms with Crippen LogP contribution in [0.4, 0.5) is 9.18 Å². The maximum Gasteiger partial charge on any atom is 0.407 e. The molecule has 1 N–H and O–H groups in total. The van der Waals surface area contributed by atoms with E-state index in [1.807, 2.05) is 0 Å². The molecule has 0 aromatic heterocycles. The van der Waals surface area contributed by atoms with E-state index < -0.39 is 6.09 Å². The van der Waals surface area contributed by atoms with Gasteiger partial charge in [-0.1, -0.05) is 0 Å². The van der Waals surface area contributed by atoms with Gasteiger partial charge in [0.05, 0.1) is 6.61 Å². The van der Waals surface area contributed by atoms with E-state index in [1.165, 1.54) is 13.2 Å². The zero-order valence-electron chi connectivity index (χ0n) is 12.5. The highest BCUT2D eigenvalue weighted by Gasteiger charge is 2.44. The van der Waals surface area contributed by atoms with Crippen molar-refractivity contribution in [1.29, 1.82) is 0 Å². The number of ether oxygens (including phenoxy) is 2. The summed E-state index contributed by atoms with van der Waals surface area (Å²) in [5.74, 6) is 0.302. The average molecular weight is 309 g/mol. The molecule has 22 heavy (non-hydrogen) atoms. The minimum absolute atomic E-state index is 0.0195. The maximum atomic E-state index is 13.6. The number of halogens is 1. The average Bonchev–Trinajstić information content (AvgIpc) is 2.75. The molecule has 120 valence electrons. The van der Waals surface area contributed by atoms with Crippen LogP contribution in [-0.4, -0.2) is 41.4 Å². The molecule has 0 aliphatic carbocycles. The second kappa shape index (κ2) is 6.12. The van der Waals surface area contributed by atoms with Crippen molar-refractivity contribution in [2.45, 2.75) is 50.5 Å². The van der Waals surface area contributed by atoms with E-state index in [-0.39, 0.29) is 30.6 Å². The molecule has 2 unspecified atom stereocenters. The van der Waals surface area contributed by atoms with Crippen LogP contribution in [0.2, 0.25) is 0 Å². The Morgan fingerprint density at radius 1 is 1.36 bits per heavy atom. The van der Waals surface area contributed by atoms with E-state index in [4.69, 9.17) is 9.47 Å². The van der Waals surface area contributed by atoms with E-state index in [2.05, 4.69) is 0 Å². The number of methoxy groups -OCH3 is 1. The molecule has 0 spiro atoms. The van der Waals surface area contributed by atoms with Gasteiger partial charge in [-0.25, -0.2) is 9.18 Å². The lowest BCUT2D eigenvalue weighted by Crippen LogP contribution is -2.48. The molecule has 1 amide bonds. The number of piperidine rings is 1. The molecular weight excluding hydrogens is 289 g/mol. The second-order valence-electron chi connectivity index (χ2n) is 5.97. The number of rotatable bonds is 4. The van der Waals surface area contributed by atoms with Crippen molar-refractivity contribution in [3.8, 4) is 5.75 Å². The zero-order valence-corrected chi connectivity index (χ0v) is 12.5. The van der Waals surface area contributed by atoms with Gasteiger partial charge in [0.15, 0.2) is 0 Å². The predicted molar refractivity (Wildman–Crippen MR) is 77.4 cm³/mol. The molecule has 0 saturated carbocycles. The third-order valence-corrected chi connectivity index (χ3v) is 4.53. The third-order valence-electron chi connectivity index (χ3n) is 4.53. The first-order valence-corrected chi connectivity index (χ1v) is 7.53. The van der Waals surface area contributed by atoms with Crippen LogP contribution in [0, 0.1) is 5.82 Å². The summed E-state index contributed by atoms with van der Waals surface area (Å²) in [6.45, 7) is 0.200. The van der Waals surface area contributed by atoms with Gasteiger partial charge in [-0.2, -0.15) is 0 Å². The van der Waals surface area contributed by atoms with E-state index in [1.54, 1.807) is 17.0 Å². The molecular formula is C16H20FNO4. The summed E-state index contributed by atoms with van der Waals surface area (Å²) in [5.41, 5.74) is 0.464. The SMILES string of the molecule is COCc1cc(OC2CC3CCC(C2)N3C(=O)O)ccc1F. The van der Waals surface area contributed by atoms with Gasteiger partial charge in [0.2, 0.25) is 0 Å². The molecule has 2 atom stereocenters. The number of hydrogen-bond donors (Lipinski definition) is 1. The van der Waals surface area contributed by atoms with Crippen LogP contribution in [0.5, 0.6) is 5.75 Å². The molecule has 2 aliphatic rings. The van der Waals surface area contributed by atoms with Gasteiger partial charge < -0.3 is 19.5 Å². The van der Waals surface area contributed by atoms with Gasteiger partial charge in [0.1, 0.15) is 17.7 Å². The Balaban J connectivity index is 1.68. The Kier molecular flexibility index (Phi) is 4.20. The summed E-state index contributed by atoms with van der Waals surface area (Å²) < 4.78 is 24.5. The number of amides is 1. The van der Waals surface area contributed by atoms with E-state index in [9.17, 15) is 14.3 Å². The number of fused-ring (bicyclic) bond motifs is 2. The Morgan fingerprint density at radius 3 is 2.64 bits per heavy atom. The summed E-state index contributed by atoms with van der Waals surface area (Å²) in [6.07, 6.45) is 2.33. The van der Waals surface area contributed by atoms with Crippen LogP contribution < -0.4 is 4.74 Å². The molecule has 2 bridgehead atoms. The van der Waals surface area contributed by atoms with Gasteiger partial charge in [-0.05, 0) is 31.0 Å². The quantitative estimate of drug-likeness (QED) is 0.929. The number of nitrogens with zero attached hydrogens (tertiary/aromatic N) is 1. The van der Waals surface area contributed by atoms with Crippen molar-refractivity contribution in [3.05, 3.63) is 29.6 Å². The molecule has 5 nitrogen and oxygen atoms in total. The Hall–Kier alpha value is -1.82. The van der Waals surface area contributed by atoms with Crippen LogP contribution >= 0.6 is 0 Å². The summed E-state index contributed by atoms with van der Waals surface area (Å²) >= 11 is 0. The number of carbonyl (C=O) groups is 1. The fourth-order valence-corrected chi connectivity index (χ4v) is 3.62. The first kappa shape index (κ1) is 15.1. The van der Waals surface area contributed by atoms with Gasteiger partial charge >= 0.3 is 6.09 Å². The lowest BCUT2D eigenvalue weighted by Gasteiger charge is -2.37. The van der Waals surface area contributed by atoms with E-state index >= 15 is 0 Å². The van der Waals surface area contributed by atoms with Gasteiger partial charge in [0, 0.05) is 37.6 Å². The normalized spacial score (nSPS) is 27.0. The second-order valence-corrected chi connectivity index (χ2v) is 5.97. The van der Waals surface area contributed by atoms with Crippen molar-refractivity contribution in [2.24, 2.45) is 0 Å². The Morgan fingerprint density at radius 2 is 2.05 bits per heavy atom. The minimum Gasteiger partial charge on any atom is -0.490 e. The lowest BCUT2D eigenvalue weighted by molar-refractivity contribution is 0.0494. The molecule has 1 aromatic carbocycles. The van der Waals surface area contributed by atoms with E-state index in [0.29, 0.717) is 24.2 Å². The van der Waals surface area contributed by atoms with Crippen molar-refractivity contribution < 1.29 is 23.8 Å². The molecule has 2 fully saturated rings. The fraction of sp³-hybridized carbons (Fsp3) is 0.562. The minimum atomic E-state index is -0.838. The molecule has 0 radical (unpaired) electrons. The smallest absolute Gasteiger partial charge is 0.407 e. The topological polar surface area (TPSA) is 59.0 Å². The monoisotopic (exact) mass is 309 g/mol. The van der Waals surface area contributed by atoms with Crippen molar-refractivity contribution in [3.63, 3.8) is 0 Å². The molecule has 3 rings (SSSR count). The highest BCUT2D eigenvalue weighted by Crippen LogP contribution is 2.37. The summed E-state index contributed by atoms with van der Waals surface area (Å²) in [4.78, 5) is 12.8. The van der Waals surface area contributed by atoms with Gasteiger partial charge in [-0.3, -0.25) is 0 Å². The highest BCUT2D eigenvalue weighted by atomic mass is 19.1. The zero-order chi connectivity index (χ0) is 15.7. The van der Waals surface area contributed by atoms with Crippen LogP contribution in [-0.2, 0) is 11.3 Å². The summed E-state index contributed by atoms with van der Waals surface area (Å²) in [5, 5.41) is 9.25.